The summed E-state index contributed by atoms with van der Waals surface area (Å²) >= 11 is 0. The number of benzene rings is 1. The predicted molar refractivity (Wildman–Crippen MR) is 47.3 cm³/mol. The number of aliphatic imine (C=N–C) groups is 1. The molecule has 1 aromatic carbocycles. The monoisotopic (exact) mass is 178 g/mol. The molecule has 1 aliphatic heterocycles. The van der Waals surface area contributed by atoms with Crippen molar-refractivity contribution in [2.45, 2.75) is 13.0 Å². The van der Waals surface area contributed by atoms with Crippen LogP contribution in [0.5, 0.6) is 0 Å². The van der Waals surface area contributed by atoms with Crippen LogP contribution >= 0.6 is 0 Å². The van der Waals surface area contributed by atoms with Gasteiger partial charge in [0.15, 0.2) is 0 Å². The summed E-state index contributed by atoms with van der Waals surface area (Å²) < 4.78 is 18.0. The van der Waals surface area contributed by atoms with E-state index in [1.807, 2.05) is 6.07 Å². The van der Waals surface area contributed by atoms with E-state index in [2.05, 4.69) is 11.4 Å². The number of hydrogen-bond acceptors (Lipinski definition) is 2. The SMILES string of the molecule is Cc1c(F)cccc1C1CO[C]=N1. The van der Waals surface area contributed by atoms with Gasteiger partial charge in [-0.3, -0.25) is 0 Å². The van der Waals surface area contributed by atoms with E-state index in [0.29, 0.717) is 12.2 Å². The van der Waals surface area contributed by atoms with E-state index >= 15 is 0 Å². The molecular formula is C10H9FNO. The second-order valence-corrected chi connectivity index (χ2v) is 3.00. The van der Waals surface area contributed by atoms with Gasteiger partial charge in [0.05, 0.1) is 0 Å². The first-order chi connectivity index (χ1) is 6.29. The van der Waals surface area contributed by atoms with E-state index in [1.165, 1.54) is 6.07 Å². The number of ether oxygens (including phenoxy) is 1. The second kappa shape index (κ2) is 3.17. The third kappa shape index (κ3) is 1.41. The Balaban J connectivity index is 2.39. The lowest BCUT2D eigenvalue weighted by atomic mass is 10.0. The lowest BCUT2D eigenvalue weighted by molar-refractivity contribution is 0.330. The lowest BCUT2D eigenvalue weighted by Crippen LogP contribution is -2.01. The fraction of sp³-hybridized carbons (Fsp3) is 0.300. The summed E-state index contributed by atoms with van der Waals surface area (Å²) in [5.41, 5.74) is 1.52. The summed E-state index contributed by atoms with van der Waals surface area (Å²) in [5.74, 6) is -0.195. The van der Waals surface area contributed by atoms with Gasteiger partial charge in [-0.25, -0.2) is 9.38 Å². The quantitative estimate of drug-likeness (QED) is 0.645. The standard InChI is InChI=1S/C10H9FNO/c1-7-8(3-2-4-9(7)11)10-5-13-6-12-10/h2-4,10H,5H2,1H3. The molecule has 1 atom stereocenters. The first-order valence-electron chi connectivity index (χ1n) is 4.10. The van der Waals surface area contributed by atoms with E-state index in [9.17, 15) is 4.39 Å². The van der Waals surface area contributed by atoms with Gasteiger partial charge in [-0.2, -0.15) is 0 Å². The molecule has 1 aliphatic rings. The van der Waals surface area contributed by atoms with Crippen molar-refractivity contribution in [1.29, 1.82) is 0 Å². The Morgan fingerprint density at radius 2 is 2.46 bits per heavy atom. The van der Waals surface area contributed by atoms with Gasteiger partial charge >= 0.3 is 0 Å². The van der Waals surface area contributed by atoms with Crippen molar-refractivity contribution in [3.8, 4) is 0 Å². The number of rotatable bonds is 1. The maximum atomic E-state index is 13.1. The Morgan fingerprint density at radius 1 is 1.62 bits per heavy atom. The van der Waals surface area contributed by atoms with E-state index in [4.69, 9.17) is 4.74 Å². The lowest BCUT2D eigenvalue weighted by Gasteiger charge is -2.09. The molecule has 0 saturated heterocycles. The molecule has 0 aliphatic carbocycles. The number of hydrogen-bond donors (Lipinski definition) is 0. The Bertz CT molecular complexity index is 349. The topological polar surface area (TPSA) is 21.6 Å². The molecule has 1 heterocycles. The van der Waals surface area contributed by atoms with Crippen molar-refractivity contribution in [3.63, 3.8) is 0 Å². The highest BCUT2D eigenvalue weighted by Gasteiger charge is 2.18. The maximum Gasteiger partial charge on any atom is 0.273 e. The minimum atomic E-state index is -0.195. The van der Waals surface area contributed by atoms with Crippen LogP contribution in [0.2, 0.25) is 0 Å². The molecule has 0 fully saturated rings. The van der Waals surface area contributed by atoms with Gasteiger partial charge in [0, 0.05) is 0 Å². The molecule has 1 radical (unpaired) electrons. The smallest absolute Gasteiger partial charge is 0.273 e. The third-order valence-electron chi connectivity index (χ3n) is 2.18. The summed E-state index contributed by atoms with van der Waals surface area (Å²) in [6.07, 6.45) is 2.42. The second-order valence-electron chi connectivity index (χ2n) is 3.00. The third-order valence-corrected chi connectivity index (χ3v) is 2.18. The largest absolute Gasteiger partial charge is 0.471 e. The van der Waals surface area contributed by atoms with Crippen molar-refractivity contribution < 1.29 is 9.13 Å². The van der Waals surface area contributed by atoms with Gasteiger partial charge < -0.3 is 4.74 Å². The van der Waals surface area contributed by atoms with E-state index in [1.54, 1.807) is 13.0 Å². The number of halogens is 1. The zero-order chi connectivity index (χ0) is 9.26. The van der Waals surface area contributed by atoms with Crippen molar-refractivity contribution >= 4 is 6.40 Å². The highest BCUT2D eigenvalue weighted by atomic mass is 19.1. The molecule has 0 aromatic heterocycles. The van der Waals surface area contributed by atoms with Crippen LogP contribution in [0.1, 0.15) is 17.2 Å². The van der Waals surface area contributed by atoms with Crippen molar-refractivity contribution in [3.05, 3.63) is 35.1 Å². The van der Waals surface area contributed by atoms with Crippen molar-refractivity contribution in [2.24, 2.45) is 4.99 Å². The molecule has 67 valence electrons. The van der Waals surface area contributed by atoms with E-state index in [-0.39, 0.29) is 11.9 Å². The van der Waals surface area contributed by atoms with E-state index < -0.39 is 0 Å². The van der Waals surface area contributed by atoms with Gasteiger partial charge in [0.2, 0.25) is 0 Å². The van der Waals surface area contributed by atoms with Crippen LogP contribution in [0.25, 0.3) is 0 Å². The Labute approximate surface area is 76.1 Å². The highest BCUT2D eigenvalue weighted by molar-refractivity contribution is 5.50. The molecule has 2 nitrogen and oxygen atoms in total. The van der Waals surface area contributed by atoms with Crippen LogP contribution in [-0.4, -0.2) is 13.0 Å². The summed E-state index contributed by atoms with van der Waals surface area (Å²) in [5, 5.41) is 0. The van der Waals surface area contributed by atoms with Crippen LogP contribution in [0, 0.1) is 12.7 Å². The Hall–Kier alpha value is -1.38. The van der Waals surface area contributed by atoms with Crippen LogP contribution in [0.15, 0.2) is 23.2 Å². The van der Waals surface area contributed by atoms with Gasteiger partial charge in [-0.15, -0.1) is 0 Å². The molecule has 1 unspecified atom stereocenters. The Morgan fingerprint density at radius 3 is 3.15 bits per heavy atom. The van der Waals surface area contributed by atoms with E-state index in [0.717, 1.165) is 5.56 Å². The average Bonchev–Trinajstić information content (AvgIpc) is 2.62. The van der Waals surface area contributed by atoms with Gasteiger partial charge in [0.1, 0.15) is 18.5 Å². The molecule has 0 saturated carbocycles. The van der Waals surface area contributed by atoms with Crippen LogP contribution in [-0.2, 0) is 4.74 Å². The van der Waals surface area contributed by atoms with Crippen LogP contribution < -0.4 is 0 Å². The highest BCUT2D eigenvalue weighted by Crippen LogP contribution is 2.25. The van der Waals surface area contributed by atoms with Gasteiger partial charge in [-0.05, 0) is 24.1 Å². The van der Waals surface area contributed by atoms with Crippen LogP contribution in [0.3, 0.4) is 0 Å². The minimum Gasteiger partial charge on any atom is -0.471 e. The molecule has 0 N–H and O–H groups in total. The molecule has 1 aromatic rings. The van der Waals surface area contributed by atoms with Crippen LogP contribution in [0.4, 0.5) is 4.39 Å². The maximum absolute atomic E-state index is 13.1. The van der Waals surface area contributed by atoms with Crippen molar-refractivity contribution in [1.82, 2.24) is 0 Å². The van der Waals surface area contributed by atoms with Gasteiger partial charge in [0.25, 0.3) is 6.40 Å². The molecular weight excluding hydrogens is 169 g/mol. The molecule has 3 heteroatoms. The minimum absolute atomic E-state index is 0.0873. The molecule has 2 rings (SSSR count). The fourth-order valence-electron chi connectivity index (χ4n) is 1.40. The molecule has 0 bridgehead atoms. The summed E-state index contributed by atoms with van der Waals surface area (Å²) in [6, 6.07) is 4.91. The average molecular weight is 178 g/mol. The number of nitrogens with zero attached hydrogens (tertiary/aromatic N) is 1. The first-order valence-corrected chi connectivity index (χ1v) is 4.10. The van der Waals surface area contributed by atoms with Gasteiger partial charge in [-0.1, -0.05) is 12.1 Å². The molecule has 13 heavy (non-hydrogen) atoms. The molecule has 0 amide bonds. The first kappa shape index (κ1) is 8.23. The summed E-state index contributed by atoms with van der Waals surface area (Å²) in [7, 11) is 0. The Kier molecular flexibility index (Phi) is 2.00. The summed E-state index contributed by atoms with van der Waals surface area (Å²) in [6.45, 7) is 2.21. The molecule has 0 spiro atoms. The van der Waals surface area contributed by atoms with Crippen molar-refractivity contribution in [2.75, 3.05) is 6.61 Å². The zero-order valence-corrected chi connectivity index (χ0v) is 7.25. The predicted octanol–water partition coefficient (Wildman–Crippen LogP) is 2.11. The normalized spacial score (nSPS) is 20.3. The zero-order valence-electron chi connectivity index (χ0n) is 7.25. The summed E-state index contributed by atoms with van der Waals surface area (Å²) in [4.78, 5) is 3.97. The fourth-order valence-corrected chi connectivity index (χ4v) is 1.40.